The van der Waals surface area contributed by atoms with Crippen LogP contribution in [0.5, 0.6) is 0 Å². The zero-order valence-electron chi connectivity index (χ0n) is 14.1. The van der Waals surface area contributed by atoms with Gasteiger partial charge in [-0.15, -0.1) is 0 Å². The smallest absolute Gasteiger partial charge is 0.339 e. The van der Waals surface area contributed by atoms with E-state index < -0.39 is 15.8 Å². The van der Waals surface area contributed by atoms with E-state index in [4.69, 9.17) is 9.26 Å². The Kier molecular flexibility index (Phi) is 5.18. The van der Waals surface area contributed by atoms with Crippen molar-refractivity contribution < 1.29 is 22.5 Å². The highest BCUT2D eigenvalue weighted by molar-refractivity contribution is 7.91. The molecule has 3 aromatic rings. The summed E-state index contributed by atoms with van der Waals surface area (Å²) >= 11 is 0. The van der Waals surface area contributed by atoms with Crippen molar-refractivity contribution in [2.45, 2.75) is 18.4 Å². The Morgan fingerprint density at radius 1 is 1.08 bits per heavy atom. The normalized spacial score (nSPS) is 11.3. The van der Waals surface area contributed by atoms with Crippen LogP contribution in [0.4, 0.5) is 0 Å². The number of carbonyl (C=O) groups excluding carboxylic acids is 1. The van der Waals surface area contributed by atoms with E-state index in [0.717, 1.165) is 5.56 Å². The van der Waals surface area contributed by atoms with Crippen molar-refractivity contribution in [3.05, 3.63) is 72.0 Å². The van der Waals surface area contributed by atoms with Crippen molar-refractivity contribution in [2.75, 3.05) is 5.75 Å². The lowest BCUT2D eigenvalue weighted by Crippen LogP contribution is -2.13. The lowest BCUT2D eigenvalue weighted by atomic mass is 10.1. The molecular weight excluding hydrogens is 354 g/mol. The number of hydrogen-bond acceptors (Lipinski definition) is 6. The molecule has 0 saturated heterocycles. The summed E-state index contributed by atoms with van der Waals surface area (Å²) in [4.78, 5) is 12.3. The van der Waals surface area contributed by atoms with E-state index in [2.05, 4.69) is 5.16 Å². The summed E-state index contributed by atoms with van der Waals surface area (Å²) in [5, 5.41) is 3.95. The second-order valence-corrected chi connectivity index (χ2v) is 7.77. The summed E-state index contributed by atoms with van der Waals surface area (Å²) in [5.41, 5.74) is 1.52. The molecule has 0 unspecified atom stereocenters. The van der Waals surface area contributed by atoms with Gasteiger partial charge in [0.05, 0.1) is 16.2 Å². The Morgan fingerprint density at radius 3 is 2.50 bits per heavy atom. The van der Waals surface area contributed by atoms with Crippen LogP contribution in [0.2, 0.25) is 0 Å². The van der Waals surface area contributed by atoms with Gasteiger partial charge in [-0.3, -0.25) is 0 Å². The summed E-state index contributed by atoms with van der Waals surface area (Å²) in [6.07, 6.45) is 0. The molecule has 0 aliphatic carbocycles. The molecular formula is C19H17NO5S. The number of esters is 1. The van der Waals surface area contributed by atoms with Gasteiger partial charge >= 0.3 is 5.97 Å². The SMILES string of the molecule is CCS(=O)(=O)c1ccccc1C(=O)OCc1cc(-c2ccccc2)no1. The first-order valence-corrected chi connectivity index (χ1v) is 9.66. The number of carbonyl (C=O) groups is 1. The second kappa shape index (κ2) is 7.53. The molecule has 0 aliphatic heterocycles. The standard InChI is InChI=1S/C19H17NO5S/c1-2-26(22,23)18-11-7-6-10-16(18)19(21)24-13-15-12-17(20-25-15)14-8-4-3-5-9-14/h3-12H,2,13H2,1H3. The maximum Gasteiger partial charge on any atom is 0.339 e. The Labute approximate surface area is 151 Å². The number of hydrogen-bond donors (Lipinski definition) is 0. The number of sulfone groups is 1. The van der Waals surface area contributed by atoms with Crippen LogP contribution in [-0.2, 0) is 21.2 Å². The molecule has 0 bridgehead atoms. The minimum Gasteiger partial charge on any atom is -0.454 e. The lowest BCUT2D eigenvalue weighted by Gasteiger charge is -2.08. The van der Waals surface area contributed by atoms with Crippen molar-refractivity contribution in [1.82, 2.24) is 5.16 Å². The zero-order valence-corrected chi connectivity index (χ0v) is 14.9. The summed E-state index contributed by atoms with van der Waals surface area (Å²) in [6.45, 7) is 1.39. The van der Waals surface area contributed by atoms with E-state index in [1.54, 1.807) is 18.2 Å². The summed E-state index contributed by atoms with van der Waals surface area (Å²) in [5.74, 6) is -0.455. The first-order chi connectivity index (χ1) is 12.5. The Hall–Kier alpha value is -2.93. The number of aromatic nitrogens is 1. The molecule has 0 aliphatic rings. The lowest BCUT2D eigenvalue weighted by molar-refractivity contribution is 0.0433. The van der Waals surface area contributed by atoms with Crippen molar-refractivity contribution in [3.63, 3.8) is 0 Å². The minimum atomic E-state index is -3.53. The number of benzene rings is 2. The van der Waals surface area contributed by atoms with E-state index >= 15 is 0 Å². The van der Waals surface area contributed by atoms with Crippen LogP contribution in [-0.4, -0.2) is 25.3 Å². The molecule has 26 heavy (non-hydrogen) atoms. The van der Waals surface area contributed by atoms with Gasteiger partial charge in [0.25, 0.3) is 0 Å². The van der Waals surface area contributed by atoms with Crippen LogP contribution in [0, 0.1) is 0 Å². The van der Waals surface area contributed by atoms with Crippen LogP contribution in [0.25, 0.3) is 11.3 Å². The summed E-state index contributed by atoms with van der Waals surface area (Å²) in [7, 11) is -3.53. The largest absolute Gasteiger partial charge is 0.454 e. The van der Waals surface area contributed by atoms with E-state index in [-0.39, 0.29) is 22.8 Å². The Bertz CT molecular complexity index is 1010. The van der Waals surface area contributed by atoms with Crippen molar-refractivity contribution in [3.8, 4) is 11.3 Å². The fourth-order valence-corrected chi connectivity index (χ4v) is 3.49. The highest BCUT2D eigenvalue weighted by Crippen LogP contribution is 2.21. The topological polar surface area (TPSA) is 86.5 Å². The molecule has 134 valence electrons. The predicted molar refractivity (Wildman–Crippen MR) is 95.2 cm³/mol. The molecule has 0 fully saturated rings. The van der Waals surface area contributed by atoms with E-state index in [1.165, 1.54) is 19.1 Å². The molecule has 3 rings (SSSR count). The van der Waals surface area contributed by atoms with E-state index in [0.29, 0.717) is 11.5 Å². The van der Waals surface area contributed by atoms with Crippen molar-refractivity contribution in [1.29, 1.82) is 0 Å². The van der Waals surface area contributed by atoms with Crippen LogP contribution in [0.15, 0.2) is 70.1 Å². The highest BCUT2D eigenvalue weighted by Gasteiger charge is 2.22. The molecule has 0 amide bonds. The first-order valence-electron chi connectivity index (χ1n) is 8.01. The average molecular weight is 371 g/mol. The molecule has 0 spiro atoms. The van der Waals surface area contributed by atoms with Crippen LogP contribution < -0.4 is 0 Å². The molecule has 1 aromatic heterocycles. The highest BCUT2D eigenvalue weighted by atomic mass is 32.2. The zero-order chi connectivity index (χ0) is 18.6. The van der Waals surface area contributed by atoms with Crippen LogP contribution in [0.1, 0.15) is 23.0 Å². The summed E-state index contributed by atoms with van der Waals surface area (Å²) < 4.78 is 34.6. The second-order valence-electron chi connectivity index (χ2n) is 5.52. The number of rotatable bonds is 6. The van der Waals surface area contributed by atoms with E-state index in [1.807, 2.05) is 30.3 Å². The number of nitrogens with zero attached hydrogens (tertiary/aromatic N) is 1. The molecule has 6 nitrogen and oxygen atoms in total. The van der Waals surface area contributed by atoms with Crippen LogP contribution >= 0.6 is 0 Å². The van der Waals surface area contributed by atoms with Gasteiger partial charge in [-0.25, -0.2) is 13.2 Å². The quantitative estimate of drug-likeness (QED) is 0.617. The van der Waals surface area contributed by atoms with Crippen molar-refractivity contribution >= 4 is 15.8 Å². The first kappa shape index (κ1) is 17.9. The number of ether oxygens (including phenoxy) is 1. The van der Waals surface area contributed by atoms with Gasteiger partial charge < -0.3 is 9.26 Å². The molecule has 2 aromatic carbocycles. The maximum atomic E-state index is 12.3. The van der Waals surface area contributed by atoms with Gasteiger partial charge in [-0.05, 0) is 12.1 Å². The van der Waals surface area contributed by atoms with Crippen LogP contribution in [0.3, 0.4) is 0 Å². The average Bonchev–Trinajstić information content (AvgIpc) is 3.16. The molecule has 0 N–H and O–H groups in total. The van der Waals surface area contributed by atoms with Gasteiger partial charge in [-0.2, -0.15) is 0 Å². The van der Waals surface area contributed by atoms with Gasteiger partial charge in [0, 0.05) is 11.6 Å². The molecule has 0 radical (unpaired) electrons. The van der Waals surface area contributed by atoms with Crippen molar-refractivity contribution in [2.24, 2.45) is 0 Å². The fraction of sp³-hybridized carbons (Fsp3) is 0.158. The van der Waals surface area contributed by atoms with Gasteiger partial charge in [0.15, 0.2) is 22.2 Å². The molecule has 0 saturated carbocycles. The third-order valence-electron chi connectivity index (χ3n) is 3.80. The third kappa shape index (κ3) is 3.83. The van der Waals surface area contributed by atoms with E-state index in [9.17, 15) is 13.2 Å². The monoisotopic (exact) mass is 371 g/mol. The molecule has 1 heterocycles. The minimum absolute atomic E-state index is 0.0112. The third-order valence-corrected chi connectivity index (χ3v) is 5.58. The van der Waals surface area contributed by atoms with Gasteiger partial charge in [0.2, 0.25) is 0 Å². The maximum absolute atomic E-state index is 12.3. The Balaban J connectivity index is 1.74. The Morgan fingerprint density at radius 2 is 1.77 bits per heavy atom. The van der Waals surface area contributed by atoms with Gasteiger partial charge in [-0.1, -0.05) is 54.5 Å². The fourth-order valence-electron chi connectivity index (χ4n) is 2.40. The summed E-state index contributed by atoms with van der Waals surface area (Å²) in [6, 6.07) is 17.1. The molecule has 0 atom stereocenters. The van der Waals surface area contributed by atoms with Gasteiger partial charge in [0.1, 0.15) is 5.69 Å². The predicted octanol–water partition coefficient (Wildman–Crippen LogP) is 3.49. The molecule has 7 heteroatoms.